The lowest BCUT2D eigenvalue weighted by atomic mass is 10.1. The van der Waals surface area contributed by atoms with Crippen LogP contribution >= 0.6 is 0 Å². The van der Waals surface area contributed by atoms with Crippen molar-refractivity contribution in [2.75, 3.05) is 20.3 Å². The third-order valence-corrected chi connectivity index (χ3v) is 4.77. The van der Waals surface area contributed by atoms with Gasteiger partial charge in [0.05, 0.1) is 18.1 Å². The second kappa shape index (κ2) is 7.77. The number of methoxy groups -OCH3 is 1. The van der Waals surface area contributed by atoms with Gasteiger partial charge >= 0.3 is 0 Å². The van der Waals surface area contributed by atoms with Crippen molar-refractivity contribution in [1.29, 1.82) is 0 Å². The van der Waals surface area contributed by atoms with E-state index in [-0.39, 0.29) is 6.10 Å². The van der Waals surface area contributed by atoms with Gasteiger partial charge in [0.1, 0.15) is 5.75 Å². The van der Waals surface area contributed by atoms with Gasteiger partial charge in [-0.15, -0.1) is 0 Å². The summed E-state index contributed by atoms with van der Waals surface area (Å²) in [5, 5.41) is 0. The highest BCUT2D eigenvalue weighted by atomic mass is 32.2. The van der Waals surface area contributed by atoms with E-state index in [2.05, 4.69) is 4.72 Å². The monoisotopic (exact) mass is 315 g/mol. The first kappa shape index (κ1) is 17.9. The number of hydrogen-bond donors (Lipinski definition) is 1. The number of aryl methyl sites for hydroxylation is 2. The first-order valence-electron chi connectivity index (χ1n) is 7.04. The predicted octanol–water partition coefficient (Wildman–Crippen LogP) is 2.41. The molecular weight excluding hydrogens is 290 g/mol. The lowest BCUT2D eigenvalue weighted by Crippen LogP contribution is -2.27. The molecule has 21 heavy (non-hydrogen) atoms. The summed E-state index contributed by atoms with van der Waals surface area (Å²) in [7, 11) is -1.94. The number of rotatable bonds is 8. The molecule has 0 aliphatic rings. The largest absolute Gasteiger partial charge is 0.497 e. The van der Waals surface area contributed by atoms with E-state index in [0.717, 1.165) is 0 Å². The molecule has 1 aromatic rings. The first-order valence-corrected chi connectivity index (χ1v) is 8.52. The molecule has 0 spiro atoms. The Balaban J connectivity index is 2.75. The molecule has 0 atom stereocenters. The molecule has 5 nitrogen and oxygen atoms in total. The van der Waals surface area contributed by atoms with Crippen molar-refractivity contribution in [3.63, 3.8) is 0 Å². The molecule has 0 bridgehead atoms. The fraction of sp³-hybridized carbons (Fsp3) is 0.600. The van der Waals surface area contributed by atoms with Crippen molar-refractivity contribution in [3.8, 4) is 5.75 Å². The molecule has 0 aliphatic carbocycles. The van der Waals surface area contributed by atoms with Crippen LogP contribution in [0.3, 0.4) is 0 Å². The Morgan fingerprint density at radius 3 is 2.24 bits per heavy atom. The molecule has 0 saturated heterocycles. The summed E-state index contributed by atoms with van der Waals surface area (Å²) in [5.74, 6) is 0.661. The molecule has 1 rings (SSSR count). The summed E-state index contributed by atoms with van der Waals surface area (Å²) >= 11 is 0. The van der Waals surface area contributed by atoms with E-state index < -0.39 is 10.0 Å². The van der Waals surface area contributed by atoms with Crippen molar-refractivity contribution in [3.05, 3.63) is 23.3 Å². The summed E-state index contributed by atoms with van der Waals surface area (Å²) in [4.78, 5) is 0.327. The van der Waals surface area contributed by atoms with Crippen LogP contribution in [0.4, 0.5) is 0 Å². The minimum Gasteiger partial charge on any atom is -0.497 e. The van der Waals surface area contributed by atoms with Crippen molar-refractivity contribution >= 4 is 10.0 Å². The van der Waals surface area contributed by atoms with E-state index in [4.69, 9.17) is 9.47 Å². The lowest BCUT2D eigenvalue weighted by molar-refractivity contribution is 0.0778. The Morgan fingerprint density at radius 1 is 1.19 bits per heavy atom. The highest BCUT2D eigenvalue weighted by Gasteiger charge is 2.19. The van der Waals surface area contributed by atoms with E-state index in [0.29, 0.717) is 41.3 Å². The molecule has 0 aliphatic heterocycles. The second-order valence-electron chi connectivity index (χ2n) is 5.26. The summed E-state index contributed by atoms with van der Waals surface area (Å²) in [5.41, 5.74) is 1.36. The summed E-state index contributed by atoms with van der Waals surface area (Å²) in [6.07, 6.45) is 0.804. The number of sulfonamides is 1. The van der Waals surface area contributed by atoms with Gasteiger partial charge in [0, 0.05) is 13.2 Å². The standard InChI is InChI=1S/C15H25NO4S/c1-11(2)20-8-6-7-16-21(17,18)15-12(3)9-14(19-5)10-13(15)4/h9-11,16H,6-8H2,1-5H3. The second-order valence-corrected chi connectivity index (χ2v) is 6.96. The van der Waals surface area contributed by atoms with Crippen LogP contribution in [0.5, 0.6) is 5.75 Å². The van der Waals surface area contributed by atoms with Crippen LogP contribution < -0.4 is 9.46 Å². The molecule has 120 valence electrons. The van der Waals surface area contributed by atoms with Crippen molar-refractivity contribution in [2.45, 2.75) is 45.1 Å². The van der Waals surface area contributed by atoms with Crippen LogP contribution in [0.25, 0.3) is 0 Å². The van der Waals surface area contributed by atoms with Gasteiger partial charge in [0.25, 0.3) is 0 Å². The van der Waals surface area contributed by atoms with Crippen LogP contribution in [-0.4, -0.2) is 34.8 Å². The molecule has 1 aromatic carbocycles. The third kappa shape index (κ3) is 5.30. The molecule has 6 heteroatoms. The van der Waals surface area contributed by atoms with E-state index in [9.17, 15) is 8.42 Å². The van der Waals surface area contributed by atoms with Gasteiger partial charge in [-0.05, 0) is 57.4 Å². The summed E-state index contributed by atoms with van der Waals surface area (Å²) in [6.45, 7) is 8.35. The maximum absolute atomic E-state index is 12.4. The number of hydrogen-bond acceptors (Lipinski definition) is 4. The summed E-state index contributed by atoms with van der Waals surface area (Å²) in [6, 6.07) is 3.45. The Bertz CT molecular complexity index is 544. The zero-order valence-electron chi connectivity index (χ0n) is 13.4. The topological polar surface area (TPSA) is 64.6 Å². The zero-order valence-corrected chi connectivity index (χ0v) is 14.2. The van der Waals surface area contributed by atoms with Crippen molar-refractivity contribution < 1.29 is 17.9 Å². The molecule has 0 fully saturated rings. The minimum absolute atomic E-state index is 0.160. The smallest absolute Gasteiger partial charge is 0.241 e. The quantitative estimate of drug-likeness (QED) is 0.748. The van der Waals surface area contributed by atoms with Crippen molar-refractivity contribution in [1.82, 2.24) is 4.72 Å². The van der Waals surface area contributed by atoms with Gasteiger partial charge < -0.3 is 9.47 Å². The van der Waals surface area contributed by atoms with E-state index in [1.165, 1.54) is 0 Å². The highest BCUT2D eigenvalue weighted by Crippen LogP contribution is 2.25. The van der Waals surface area contributed by atoms with Gasteiger partial charge in [-0.25, -0.2) is 13.1 Å². The molecule has 0 heterocycles. The minimum atomic E-state index is -3.51. The van der Waals surface area contributed by atoms with Gasteiger partial charge in [0.15, 0.2) is 0 Å². The van der Waals surface area contributed by atoms with Crippen LogP contribution in [-0.2, 0) is 14.8 Å². The normalized spacial score (nSPS) is 11.9. The zero-order chi connectivity index (χ0) is 16.0. The van der Waals surface area contributed by atoms with Crippen LogP contribution in [0.15, 0.2) is 17.0 Å². The Hall–Kier alpha value is -1.11. The van der Waals surface area contributed by atoms with Gasteiger partial charge in [-0.1, -0.05) is 0 Å². The third-order valence-electron chi connectivity index (χ3n) is 3.00. The molecule has 0 aromatic heterocycles. The van der Waals surface area contributed by atoms with Crippen LogP contribution in [0.1, 0.15) is 31.4 Å². The highest BCUT2D eigenvalue weighted by molar-refractivity contribution is 7.89. The number of benzene rings is 1. The van der Waals surface area contributed by atoms with Gasteiger partial charge in [-0.3, -0.25) is 0 Å². The van der Waals surface area contributed by atoms with Gasteiger partial charge in [0.2, 0.25) is 10.0 Å². The average Bonchev–Trinajstić information content (AvgIpc) is 2.36. The van der Waals surface area contributed by atoms with Crippen LogP contribution in [0, 0.1) is 13.8 Å². The molecule has 0 radical (unpaired) electrons. The first-order chi connectivity index (χ1) is 9.77. The van der Waals surface area contributed by atoms with E-state index in [1.807, 2.05) is 13.8 Å². The fourth-order valence-corrected chi connectivity index (χ4v) is 3.65. The predicted molar refractivity (Wildman–Crippen MR) is 83.4 cm³/mol. The Morgan fingerprint density at radius 2 is 1.76 bits per heavy atom. The molecule has 0 saturated carbocycles. The Kier molecular flexibility index (Phi) is 6.64. The number of ether oxygens (including phenoxy) is 2. The molecule has 0 amide bonds. The SMILES string of the molecule is COc1cc(C)c(S(=O)(=O)NCCCOC(C)C)c(C)c1. The summed E-state index contributed by atoms with van der Waals surface area (Å²) < 4.78 is 37.9. The molecule has 0 unspecified atom stereocenters. The maximum Gasteiger partial charge on any atom is 0.241 e. The van der Waals surface area contributed by atoms with E-state index in [1.54, 1.807) is 33.1 Å². The molecule has 1 N–H and O–H groups in total. The van der Waals surface area contributed by atoms with Crippen molar-refractivity contribution in [2.24, 2.45) is 0 Å². The molecular formula is C15H25NO4S. The van der Waals surface area contributed by atoms with Gasteiger partial charge in [-0.2, -0.15) is 0 Å². The maximum atomic E-state index is 12.4. The Labute approximate surface area is 127 Å². The fourth-order valence-electron chi connectivity index (χ4n) is 2.12. The van der Waals surface area contributed by atoms with Crippen LogP contribution in [0.2, 0.25) is 0 Å². The van der Waals surface area contributed by atoms with E-state index >= 15 is 0 Å². The number of nitrogens with one attached hydrogen (secondary N) is 1. The average molecular weight is 315 g/mol. The lowest BCUT2D eigenvalue weighted by Gasteiger charge is -2.14.